The molecule has 0 saturated carbocycles. The molecule has 3 aromatic rings. The zero-order valence-electron chi connectivity index (χ0n) is 19.8. The highest BCUT2D eigenvalue weighted by atomic mass is 32.2. The van der Waals surface area contributed by atoms with Gasteiger partial charge in [-0.15, -0.1) is 0 Å². The summed E-state index contributed by atoms with van der Waals surface area (Å²) in [6.45, 7) is 9.06. The molecule has 1 N–H and O–H groups in total. The van der Waals surface area contributed by atoms with Crippen molar-refractivity contribution in [1.82, 2.24) is 20.2 Å². The molecule has 180 valence electrons. The van der Waals surface area contributed by atoms with Gasteiger partial charge in [0.25, 0.3) is 11.1 Å². The van der Waals surface area contributed by atoms with Crippen LogP contribution in [0.1, 0.15) is 26.3 Å². The van der Waals surface area contributed by atoms with Gasteiger partial charge < -0.3 is 4.90 Å². The van der Waals surface area contributed by atoms with Gasteiger partial charge in [-0.1, -0.05) is 19.1 Å². The number of carbonyl (C=O) groups excluding carboxylic acids is 2. The lowest BCUT2D eigenvalue weighted by Gasteiger charge is -2.45. The number of hydrogen-bond donors (Lipinski definition) is 1. The number of aromatic nitrogens is 2. The van der Waals surface area contributed by atoms with Gasteiger partial charge in [-0.05, 0) is 68.1 Å². The van der Waals surface area contributed by atoms with Crippen LogP contribution in [0, 0.1) is 5.82 Å². The molecule has 0 aliphatic carbocycles. The average Bonchev–Trinajstić information content (AvgIpc) is 3.14. The van der Waals surface area contributed by atoms with Crippen molar-refractivity contribution in [3.63, 3.8) is 0 Å². The van der Waals surface area contributed by atoms with E-state index in [0.29, 0.717) is 39.5 Å². The molecule has 5 rings (SSSR count). The molecule has 2 aliphatic heterocycles. The molecule has 2 amide bonds. The van der Waals surface area contributed by atoms with E-state index in [1.54, 1.807) is 6.08 Å². The van der Waals surface area contributed by atoms with E-state index in [1.165, 1.54) is 12.4 Å². The van der Waals surface area contributed by atoms with Gasteiger partial charge in [0.05, 0.1) is 21.8 Å². The number of amides is 2. The number of fused-ring (bicyclic) bond motifs is 1. The van der Waals surface area contributed by atoms with E-state index in [2.05, 4.69) is 45.9 Å². The second-order valence-electron chi connectivity index (χ2n) is 8.95. The Labute approximate surface area is 207 Å². The van der Waals surface area contributed by atoms with Crippen molar-refractivity contribution in [2.45, 2.75) is 32.9 Å². The number of halogens is 1. The van der Waals surface area contributed by atoms with Crippen LogP contribution in [-0.2, 0) is 4.79 Å². The molecule has 2 aromatic carbocycles. The number of likely N-dealkylation sites (N-methyl/N-ethyl adjacent to an activating group) is 1. The molecule has 0 unspecified atom stereocenters. The highest BCUT2D eigenvalue weighted by molar-refractivity contribution is 8.18. The van der Waals surface area contributed by atoms with E-state index in [1.807, 2.05) is 30.3 Å². The number of hydrogen-bond acceptors (Lipinski definition) is 7. The van der Waals surface area contributed by atoms with E-state index < -0.39 is 5.91 Å². The number of anilines is 1. The van der Waals surface area contributed by atoms with Gasteiger partial charge in [-0.3, -0.25) is 19.8 Å². The zero-order valence-corrected chi connectivity index (χ0v) is 20.6. The molecule has 7 nitrogen and oxygen atoms in total. The van der Waals surface area contributed by atoms with E-state index in [9.17, 15) is 9.59 Å². The van der Waals surface area contributed by atoms with Gasteiger partial charge >= 0.3 is 0 Å². The molecule has 0 spiro atoms. The lowest BCUT2D eigenvalue weighted by Crippen LogP contribution is -2.56. The van der Waals surface area contributed by atoms with Crippen molar-refractivity contribution in [2.75, 3.05) is 24.5 Å². The Morgan fingerprint density at radius 3 is 2.54 bits per heavy atom. The summed E-state index contributed by atoms with van der Waals surface area (Å²) < 4.78 is 15.4. The fourth-order valence-electron chi connectivity index (χ4n) is 5.05. The zero-order chi connectivity index (χ0) is 24.7. The summed E-state index contributed by atoms with van der Waals surface area (Å²) in [6, 6.07) is 11.4. The van der Waals surface area contributed by atoms with Crippen molar-refractivity contribution >= 4 is 45.6 Å². The fraction of sp³-hybridized carbons (Fsp3) is 0.308. The number of nitrogens with one attached hydrogen (secondary N) is 1. The maximum absolute atomic E-state index is 15.4. The number of benzene rings is 2. The maximum atomic E-state index is 15.4. The first-order valence-corrected chi connectivity index (χ1v) is 12.5. The van der Waals surface area contributed by atoms with Crippen LogP contribution in [0.25, 0.3) is 28.2 Å². The summed E-state index contributed by atoms with van der Waals surface area (Å²) in [5.41, 5.74) is 3.30. The van der Waals surface area contributed by atoms with Gasteiger partial charge in [0.15, 0.2) is 0 Å². The Morgan fingerprint density at radius 1 is 1.11 bits per heavy atom. The van der Waals surface area contributed by atoms with Crippen LogP contribution in [0.2, 0.25) is 0 Å². The normalized spacial score (nSPS) is 22.3. The standard InChI is InChI=1S/C26H26FN5O2S/c1-4-32-15(2)12-31(13-16(32)3)22-8-6-18(11-20(22)27)24-19-9-17(5-7-21(19)28-14-29-24)10-23-25(33)30-26(34)35-23/h5-11,14-16H,4,12-13H2,1-3H3,(H,30,33,34)/b23-10-/t15-,16+. The molecule has 2 atom stereocenters. The summed E-state index contributed by atoms with van der Waals surface area (Å²) in [5.74, 6) is -0.694. The third kappa shape index (κ3) is 4.53. The summed E-state index contributed by atoms with van der Waals surface area (Å²) in [7, 11) is 0. The van der Waals surface area contributed by atoms with Gasteiger partial charge in [-0.2, -0.15) is 0 Å². The minimum atomic E-state index is -0.411. The molecule has 2 aliphatic rings. The molecule has 3 heterocycles. The second-order valence-corrected chi connectivity index (χ2v) is 9.97. The Kier molecular flexibility index (Phi) is 6.29. The Morgan fingerprint density at radius 2 is 1.89 bits per heavy atom. The summed E-state index contributed by atoms with van der Waals surface area (Å²) in [5, 5.41) is 2.61. The first-order chi connectivity index (χ1) is 16.8. The molecule has 2 fully saturated rings. The van der Waals surface area contributed by atoms with Crippen LogP contribution in [0.4, 0.5) is 14.9 Å². The molecular formula is C26H26FN5O2S. The minimum absolute atomic E-state index is 0.283. The second kappa shape index (κ2) is 9.39. The molecular weight excluding hydrogens is 465 g/mol. The fourth-order valence-corrected chi connectivity index (χ4v) is 5.74. The minimum Gasteiger partial charge on any atom is -0.366 e. The highest BCUT2D eigenvalue weighted by Crippen LogP contribution is 2.32. The van der Waals surface area contributed by atoms with Crippen LogP contribution in [-0.4, -0.2) is 57.7 Å². The quantitative estimate of drug-likeness (QED) is 0.531. The predicted molar refractivity (Wildman–Crippen MR) is 138 cm³/mol. The third-order valence-corrected chi connectivity index (χ3v) is 7.44. The monoisotopic (exact) mass is 491 g/mol. The lowest BCUT2D eigenvalue weighted by molar-refractivity contribution is -0.115. The molecule has 35 heavy (non-hydrogen) atoms. The van der Waals surface area contributed by atoms with Crippen LogP contribution >= 0.6 is 11.8 Å². The predicted octanol–water partition coefficient (Wildman–Crippen LogP) is 4.68. The number of rotatable bonds is 4. The summed E-state index contributed by atoms with van der Waals surface area (Å²) in [6.07, 6.45) is 3.12. The van der Waals surface area contributed by atoms with E-state index in [0.717, 1.165) is 42.3 Å². The van der Waals surface area contributed by atoms with Gasteiger partial charge in [0.1, 0.15) is 12.1 Å². The first-order valence-electron chi connectivity index (χ1n) is 11.6. The number of piperazine rings is 1. The van der Waals surface area contributed by atoms with E-state index in [-0.39, 0.29) is 11.1 Å². The maximum Gasteiger partial charge on any atom is 0.290 e. The molecule has 1 aromatic heterocycles. The van der Waals surface area contributed by atoms with E-state index >= 15 is 4.39 Å². The largest absolute Gasteiger partial charge is 0.366 e. The van der Waals surface area contributed by atoms with Crippen molar-refractivity contribution in [3.8, 4) is 11.3 Å². The van der Waals surface area contributed by atoms with Gasteiger partial charge in [0, 0.05) is 36.1 Å². The first kappa shape index (κ1) is 23.4. The Bertz CT molecular complexity index is 1350. The van der Waals surface area contributed by atoms with Crippen LogP contribution in [0.3, 0.4) is 0 Å². The van der Waals surface area contributed by atoms with Crippen LogP contribution < -0.4 is 10.2 Å². The Balaban J connectivity index is 1.48. The third-order valence-electron chi connectivity index (χ3n) is 6.63. The number of carbonyl (C=O) groups is 2. The average molecular weight is 492 g/mol. The number of thioether (sulfide) groups is 1. The van der Waals surface area contributed by atoms with Gasteiger partial charge in [-0.25, -0.2) is 14.4 Å². The number of imide groups is 1. The smallest absolute Gasteiger partial charge is 0.290 e. The highest BCUT2D eigenvalue weighted by Gasteiger charge is 2.29. The topological polar surface area (TPSA) is 78.4 Å². The Hall–Kier alpha value is -3.30. The molecule has 9 heteroatoms. The molecule has 2 saturated heterocycles. The van der Waals surface area contributed by atoms with Crippen molar-refractivity contribution in [1.29, 1.82) is 0 Å². The summed E-state index contributed by atoms with van der Waals surface area (Å²) in [4.78, 5) is 37.1. The number of nitrogens with zero attached hydrogens (tertiary/aromatic N) is 4. The van der Waals surface area contributed by atoms with Crippen molar-refractivity contribution < 1.29 is 14.0 Å². The molecule has 0 bridgehead atoms. The SMILES string of the molecule is CCN1[C@H](C)CN(c2ccc(-c3ncnc4ccc(/C=C5\SC(=O)NC5=O)cc34)cc2F)C[C@@H]1C. The lowest BCUT2D eigenvalue weighted by atomic mass is 10.0. The molecule has 0 radical (unpaired) electrons. The summed E-state index contributed by atoms with van der Waals surface area (Å²) >= 11 is 0.866. The van der Waals surface area contributed by atoms with Crippen LogP contribution in [0.5, 0.6) is 0 Å². The van der Waals surface area contributed by atoms with Crippen LogP contribution in [0.15, 0.2) is 47.6 Å². The van der Waals surface area contributed by atoms with Crippen molar-refractivity contribution in [2.24, 2.45) is 0 Å². The van der Waals surface area contributed by atoms with Gasteiger partial charge in [0.2, 0.25) is 0 Å². The van der Waals surface area contributed by atoms with Crippen molar-refractivity contribution in [3.05, 3.63) is 59.0 Å². The van der Waals surface area contributed by atoms with E-state index in [4.69, 9.17) is 0 Å².